The molecule has 31 heavy (non-hydrogen) atoms. The van der Waals surface area contributed by atoms with E-state index < -0.39 is 17.0 Å². The number of aromatic amines is 1. The van der Waals surface area contributed by atoms with E-state index in [4.69, 9.17) is 0 Å². The monoisotopic (exact) mass is 437 g/mol. The molecule has 2 aromatic carbocycles. The molecule has 0 spiro atoms. The van der Waals surface area contributed by atoms with Crippen molar-refractivity contribution in [3.05, 3.63) is 76.6 Å². The Labute approximate surface area is 182 Å². The van der Waals surface area contributed by atoms with Crippen LogP contribution in [0.15, 0.2) is 59.6 Å². The van der Waals surface area contributed by atoms with Gasteiger partial charge in [-0.15, -0.1) is 0 Å². The molecule has 0 radical (unpaired) electrons. The average molecular weight is 437 g/mol. The van der Waals surface area contributed by atoms with Gasteiger partial charge < -0.3 is 10.3 Å². The van der Waals surface area contributed by atoms with Gasteiger partial charge in [-0.2, -0.15) is 0 Å². The SMILES string of the molecule is O=C(CCN1C(=O)S/C(=C/c2cccc(F)c2)C1=O)NCCc1c[nH]c2ccccc12. The van der Waals surface area contributed by atoms with Crippen LogP contribution in [-0.2, 0) is 16.0 Å². The van der Waals surface area contributed by atoms with Crippen LogP contribution in [0.4, 0.5) is 9.18 Å². The molecule has 0 bridgehead atoms. The molecule has 1 saturated heterocycles. The number of hydrogen-bond donors (Lipinski definition) is 2. The lowest BCUT2D eigenvalue weighted by atomic mass is 10.1. The minimum Gasteiger partial charge on any atom is -0.361 e. The summed E-state index contributed by atoms with van der Waals surface area (Å²) in [6.07, 6.45) is 4.12. The summed E-state index contributed by atoms with van der Waals surface area (Å²) in [4.78, 5) is 41.3. The number of carbonyl (C=O) groups excluding carboxylic acids is 3. The van der Waals surface area contributed by atoms with E-state index in [0.717, 1.165) is 33.1 Å². The summed E-state index contributed by atoms with van der Waals surface area (Å²) in [5, 5.41) is 3.52. The molecule has 0 aliphatic carbocycles. The smallest absolute Gasteiger partial charge is 0.293 e. The summed E-state index contributed by atoms with van der Waals surface area (Å²) in [6.45, 7) is 0.464. The van der Waals surface area contributed by atoms with Gasteiger partial charge in [-0.25, -0.2) is 4.39 Å². The van der Waals surface area contributed by atoms with Crippen LogP contribution in [0.3, 0.4) is 0 Å². The molecule has 0 saturated carbocycles. The van der Waals surface area contributed by atoms with Crippen LogP contribution in [-0.4, -0.2) is 40.0 Å². The number of rotatable bonds is 7. The molecule has 0 unspecified atom stereocenters. The molecule has 2 N–H and O–H groups in total. The topological polar surface area (TPSA) is 82.3 Å². The summed E-state index contributed by atoms with van der Waals surface area (Å²) in [7, 11) is 0. The molecule has 8 heteroatoms. The van der Waals surface area contributed by atoms with E-state index in [1.54, 1.807) is 6.07 Å². The zero-order valence-electron chi connectivity index (χ0n) is 16.6. The molecule has 1 aromatic heterocycles. The third-order valence-corrected chi connectivity index (χ3v) is 5.88. The van der Waals surface area contributed by atoms with E-state index in [2.05, 4.69) is 10.3 Å². The van der Waals surface area contributed by atoms with Gasteiger partial charge in [0.1, 0.15) is 5.82 Å². The fourth-order valence-corrected chi connectivity index (χ4v) is 4.28. The third-order valence-electron chi connectivity index (χ3n) is 4.97. The van der Waals surface area contributed by atoms with Crippen molar-refractivity contribution in [1.82, 2.24) is 15.2 Å². The maximum Gasteiger partial charge on any atom is 0.293 e. The van der Waals surface area contributed by atoms with E-state index in [1.165, 1.54) is 24.3 Å². The highest BCUT2D eigenvalue weighted by Crippen LogP contribution is 2.32. The van der Waals surface area contributed by atoms with Crippen LogP contribution in [0.25, 0.3) is 17.0 Å². The van der Waals surface area contributed by atoms with E-state index in [0.29, 0.717) is 18.5 Å². The van der Waals surface area contributed by atoms with Crippen LogP contribution < -0.4 is 5.32 Å². The minimum absolute atomic E-state index is 0.00404. The van der Waals surface area contributed by atoms with Gasteiger partial charge in [-0.05, 0) is 53.6 Å². The number of H-pyrrole nitrogens is 1. The normalized spacial score (nSPS) is 15.3. The molecule has 3 aromatic rings. The molecule has 6 nitrogen and oxygen atoms in total. The number of hydrogen-bond acceptors (Lipinski definition) is 4. The van der Waals surface area contributed by atoms with E-state index in [9.17, 15) is 18.8 Å². The largest absolute Gasteiger partial charge is 0.361 e. The van der Waals surface area contributed by atoms with Gasteiger partial charge in [0.25, 0.3) is 11.1 Å². The highest BCUT2D eigenvalue weighted by molar-refractivity contribution is 8.18. The van der Waals surface area contributed by atoms with Crippen molar-refractivity contribution in [3.63, 3.8) is 0 Å². The first kappa shape index (κ1) is 20.9. The van der Waals surface area contributed by atoms with Crippen molar-refractivity contribution in [1.29, 1.82) is 0 Å². The number of carbonyl (C=O) groups is 3. The van der Waals surface area contributed by atoms with E-state index in [-0.39, 0.29) is 23.8 Å². The minimum atomic E-state index is -0.467. The number of para-hydroxylation sites is 1. The fraction of sp³-hybridized carbons (Fsp3) is 0.174. The maximum absolute atomic E-state index is 13.3. The summed E-state index contributed by atoms with van der Waals surface area (Å²) < 4.78 is 13.3. The third kappa shape index (κ3) is 4.86. The van der Waals surface area contributed by atoms with Crippen molar-refractivity contribution < 1.29 is 18.8 Å². The predicted octanol–water partition coefficient (Wildman–Crippen LogP) is 4.09. The summed E-state index contributed by atoms with van der Waals surface area (Å²) in [6, 6.07) is 13.7. The number of fused-ring (bicyclic) bond motifs is 1. The molecule has 1 aliphatic heterocycles. The fourth-order valence-electron chi connectivity index (χ4n) is 3.42. The Morgan fingerprint density at radius 2 is 2.00 bits per heavy atom. The Kier molecular flexibility index (Phi) is 6.18. The molecular formula is C23H20FN3O3S. The lowest BCUT2D eigenvalue weighted by Crippen LogP contribution is -2.34. The second-order valence-corrected chi connectivity index (χ2v) is 8.09. The van der Waals surface area contributed by atoms with Crippen molar-refractivity contribution in [2.24, 2.45) is 0 Å². The number of nitrogens with one attached hydrogen (secondary N) is 2. The molecule has 4 rings (SSSR count). The first-order chi connectivity index (χ1) is 15.0. The molecule has 0 atom stereocenters. The maximum atomic E-state index is 13.3. The molecule has 158 valence electrons. The zero-order chi connectivity index (χ0) is 21.8. The number of thioether (sulfide) groups is 1. The Hall–Kier alpha value is -3.39. The standard InChI is InChI=1S/C23H20FN3O3S/c24-17-5-3-4-15(12-17)13-20-22(29)27(23(30)31-20)11-9-21(28)25-10-8-16-14-26-19-7-2-1-6-18(16)19/h1-7,12-14,26H,8-11H2,(H,25,28)/b20-13+. The molecule has 3 amide bonds. The van der Waals surface area contributed by atoms with Gasteiger partial charge in [0.05, 0.1) is 4.91 Å². The Morgan fingerprint density at radius 3 is 2.84 bits per heavy atom. The second-order valence-electron chi connectivity index (χ2n) is 7.10. The van der Waals surface area contributed by atoms with E-state index in [1.807, 2.05) is 30.5 Å². The number of imide groups is 1. The van der Waals surface area contributed by atoms with Gasteiger partial charge >= 0.3 is 0 Å². The predicted molar refractivity (Wildman–Crippen MR) is 119 cm³/mol. The van der Waals surface area contributed by atoms with Gasteiger partial charge in [-0.3, -0.25) is 19.3 Å². The average Bonchev–Trinajstić information content (AvgIpc) is 3.27. The van der Waals surface area contributed by atoms with Gasteiger partial charge in [-0.1, -0.05) is 30.3 Å². The summed E-state index contributed by atoms with van der Waals surface area (Å²) in [5.41, 5.74) is 2.67. The Morgan fingerprint density at radius 1 is 1.16 bits per heavy atom. The first-order valence-electron chi connectivity index (χ1n) is 9.84. The molecular weight excluding hydrogens is 417 g/mol. The molecule has 2 heterocycles. The van der Waals surface area contributed by atoms with Crippen LogP contribution >= 0.6 is 11.8 Å². The van der Waals surface area contributed by atoms with Gasteiger partial charge in [0, 0.05) is 36.6 Å². The number of halogens is 1. The Bertz CT molecular complexity index is 1190. The highest BCUT2D eigenvalue weighted by Gasteiger charge is 2.35. The van der Waals surface area contributed by atoms with Gasteiger partial charge in [0.2, 0.25) is 5.91 Å². The second kappa shape index (κ2) is 9.18. The lowest BCUT2D eigenvalue weighted by molar-refractivity contribution is -0.124. The molecule has 1 aliphatic rings. The summed E-state index contributed by atoms with van der Waals surface area (Å²) >= 11 is 0.792. The number of aromatic nitrogens is 1. The van der Waals surface area contributed by atoms with Crippen LogP contribution in [0, 0.1) is 5.82 Å². The van der Waals surface area contributed by atoms with Crippen LogP contribution in [0.2, 0.25) is 0 Å². The van der Waals surface area contributed by atoms with Gasteiger partial charge in [0.15, 0.2) is 0 Å². The van der Waals surface area contributed by atoms with Crippen molar-refractivity contribution >= 4 is 45.8 Å². The number of amides is 3. The highest BCUT2D eigenvalue weighted by atomic mass is 32.2. The summed E-state index contributed by atoms with van der Waals surface area (Å²) in [5.74, 6) is -1.11. The van der Waals surface area contributed by atoms with Crippen molar-refractivity contribution in [2.45, 2.75) is 12.8 Å². The lowest BCUT2D eigenvalue weighted by Gasteiger charge is -2.12. The number of nitrogens with zero attached hydrogens (tertiary/aromatic N) is 1. The zero-order valence-corrected chi connectivity index (χ0v) is 17.4. The Balaban J connectivity index is 1.28. The van der Waals surface area contributed by atoms with E-state index >= 15 is 0 Å². The quantitative estimate of drug-likeness (QED) is 0.546. The van der Waals surface area contributed by atoms with Crippen LogP contribution in [0.5, 0.6) is 0 Å². The van der Waals surface area contributed by atoms with Crippen LogP contribution in [0.1, 0.15) is 17.5 Å². The van der Waals surface area contributed by atoms with Crippen molar-refractivity contribution in [2.75, 3.05) is 13.1 Å². The van der Waals surface area contributed by atoms with Crippen molar-refractivity contribution in [3.8, 4) is 0 Å². The first-order valence-corrected chi connectivity index (χ1v) is 10.7. The molecule has 1 fully saturated rings. The number of benzene rings is 2.